The smallest absolute Gasteiger partial charge is 0.220 e. The van der Waals surface area contributed by atoms with Gasteiger partial charge in [0.25, 0.3) is 0 Å². The molecule has 1 amide bonds. The lowest BCUT2D eigenvalue weighted by Crippen LogP contribution is -2.45. The molecule has 406 valence electrons. The molecule has 3 N–H and O–H groups in total. The lowest BCUT2D eigenvalue weighted by atomic mass is 10.0. The first kappa shape index (κ1) is 67.6. The van der Waals surface area contributed by atoms with Gasteiger partial charge in [0.05, 0.1) is 18.8 Å². The van der Waals surface area contributed by atoms with Gasteiger partial charge in [0.2, 0.25) is 5.91 Å². The van der Waals surface area contributed by atoms with Crippen LogP contribution in [0.25, 0.3) is 0 Å². The van der Waals surface area contributed by atoms with Crippen molar-refractivity contribution < 1.29 is 15.0 Å². The van der Waals surface area contributed by atoms with Gasteiger partial charge in [-0.1, -0.05) is 317 Å². The Kier molecular flexibility index (Phi) is 58.8. The van der Waals surface area contributed by atoms with E-state index < -0.39 is 12.1 Å². The number of aliphatic hydroxyl groups is 2. The fourth-order valence-corrected chi connectivity index (χ4v) is 9.24. The number of hydrogen-bond donors (Lipinski definition) is 3. The molecule has 0 aromatic rings. The van der Waals surface area contributed by atoms with Crippen LogP contribution >= 0.6 is 0 Å². The molecule has 0 heterocycles. The summed E-state index contributed by atoms with van der Waals surface area (Å²) in [7, 11) is 0. The van der Waals surface area contributed by atoms with Crippen LogP contribution in [0.4, 0.5) is 0 Å². The van der Waals surface area contributed by atoms with Crippen molar-refractivity contribution in [2.24, 2.45) is 0 Å². The lowest BCUT2D eigenvalue weighted by Gasteiger charge is -2.20. The molecule has 0 aliphatic heterocycles. The molecule has 0 aromatic carbocycles. The summed E-state index contributed by atoms with van der Waals surface area (Å²) in [5, 5.41) is 23.2. The first-order chi connectivity index (χ1) is 34.7. The van der Waals surface area contributed by atoms with Crippen LogP contribution in [0, 0.1) is 0 Å². The van der Waals surface area contributed by atoms with Crippen molar-refractivity contribution in [2.45, 2.75) is 321 Å². The maximum Gasteiger partial charge on any atom is 0.220 e. The zero-order chi connectivity index (χ0) is 50.6. The van der Waals surface area contributed by atoms with Crippen LogP contribution < -0.4 is 5.32 Å². The third kappa shape index (κ3) is 56.5. The normalized spacial score (nSPS) is 13.4. The molecule has 0 radical (unpaired) electrons. The molecule has 0 rings (SSSR count). The van der Waals surface area contributed by atoms with Crippen molar-refractivity contribution in [3.05, 3.63) is 85.1 Å². The first-order valence-corrected chi connectivity index (χ1v) is 30.8. The topological polar surface area (TPSA) is 69.6 Å². The van der Waals surface area contributed by atoms with E-state index in [0.29, 0.717) is 6.42 Å². The van der Waals surface area contributed by atoms with Crippen molar-refractivity contribution in [3.8, 4) is 0 Å². The van der Waals surface area contributed by atoms with Crippen LogP contribution in [0.1, 0.15) is 309 Å². The molecule has 70 heavy (non-hydrogen) atoms. The second-order valence-electron chi connectivity index (χ2n) is 20.7. The number of unbranched alkanes of at least 4 members (excludes halogenated alkanes) is 37. The van der Waals surface area contributed by atoms with E-state index in [1.807, 2.05) is 6.08 Å². The van der Waals surface area contributed by atoms with Crippen LogP contribution in [0.3, 0.4) is 0 Å². The molecule has 0 saturated heterocycles. The highest BCUT2D eigenvalue weighted by Crippen LogP contribution is 2.17. The van der Waals surface area contributed by atoms with Gasteiger partial charge in [-0.15, -0.1) is 0 Å². The highest BCUT2D eigenvalue weighted by atomic mass is 16.3. The van der Waals surface area contributed by atoms with Gasteiger partial charge < -0.3 is 15.5 Å². The summed E-state index contributed by atoms with van der Waals surface area (Å²) in [6.45, 7) is 4.22. The Morgan fingerprint density at radius 1 is 0.357 bits per heavy atom. The molecule has 0 aliphatic rings. The average molecular weight is 975 g/mol. The van der Waals surface area contributed by atoms with Crippen LogP contribution in [0.5, 0.6) is 0 Å². The van der Waals surface area contributed by atoms with Gasteiger partial charge in [-0.25, -0.2) is 0 Å². The summed E-state index contributed by atoms with van der Waals surface area (Å²) >= 11 is 0. The van der Waals surface area contributed by atoms with E-state index in [1.165, 1.54) is 225 Å². The standard InChI is InChI=1S/C66H119NO3/c1-3-5-7-9-11-13-15-17-19-21-23-25-27-29-30-31-32-33-34-35-36-38-40-42-44-46-48-50-52-54-56-58-60-62-66(70)67-64(63-68)65(69)61-59-57-55-53-51-49-47-45-43-41-39-37-28-26-24-22-20-18-16-14-12-10-8-6-4-2/h5,7,11,13,17,19,23,25,29-30,32-33,59,61,64-65,68-69H,3-4,6,8-10,12,14-16,18,20-22,24,26-28,31,34-58,60,62-63H2,1-2H3,(H,67,70)/b7-5-,13-11-,19-17-,25-23-,30-29-,33-32-,61-59+. The summed E-state index contributed by atoms with van der Waals surface area (Å²) < 4.78 is 0. The number of allylic oxidation sites excluding steroid dienone is 13. The molecule has 0 fully saturated rings. The van der Waals surface area contributed by atoms with E-state index in [1.54, 1.807) is 6.08 Å². The summed E-state index contributed by atoms with van der Waals surface area (Å²) in [6.07, 6.45) is 89.1. The number of hydrogen-bond acceptors (Lipinski definition) is 3. The van der Waals surface area contributed by atoms with Crippen LogP contribution in [-0.4, -0.2) is 34.9 Å². The Hall–Kier alpha value is -2.43. The molecular formula is C66H119NO3. The molecule has 2 atom stereocenters. The minimum Gasteiger partial charge on any atom is -0.394 e. The van der Waals surface area contributed by atoms with Crippen LogP contribution in [-0.2, 0) is 4.79 Å². The van der Waals surface area contributed by atoms with Gasteiger partial charge in [-0.2, -0.15) is 0 Å². The molecule has 0 aromatic heterocycles. The number of amides is 1. The molecule has 0 aliphatic carbocycles. The lowest BCUT2D eigenvalue weighted by molar-refractivity contribution is -0.123. The quantitative estimate of drug-likeness (QED) is 0.0420. The minimum atomic E-state index is -0.844. The monoisotopic (exact) mass is 974 g/mol. The summed E-state index contributed by atoms with van der Waals surface area (Å²) in [6, 6.07) is -0.628. The van der Waals surface area contributed by atoms with Gasteiger partial charge in [-0.05, 0) is 70.6 Å². The summed E-state index contributed by atoms with van der Waals surface area (Å²) in [4.78, 5) is 12.5. The Morgan fingerprint density at radius 2 is 0.629 bits per heavy atom. The zero-order valence-corrected chi connectivity index (χ0v) is 46.8. The molecule has 0 bridgehead atoms. The fraction of sp³-hybridized carbons (Fsp3) is 0.773. The maximum atomic E-state index is 12.5. The number of carbonyl (C=O) groups excluding carboxylic acids is 1. The van der Waals surface area contributed by atoms with E-state index in [-0.39, 0.29) is 12.5 Å². The van der Waals surface area contributed by atoms with Crippen LogP contribution in [0.2, 0.25) is 0 Å². The van der Waals surface area contributed by atoms with E-state index in [4.69, 9.17) is 0 Å². The Labute approximate surface area is 437 Å². The summed E-state index contributed by atoms with van der Waals surface area (Å²) in [5.41, 5.74) is 0. The van der Waals surface area contributed by atoms with Gasteiger partial charge in [0.1, 0.15) is 0 Å². The second-order valence-corrected chi connectivity index (χ2v) is 20.7. The van der Waals surface area contributed by atoms with Crippen molar-refractivity contribution in [3.63, 3.8) is 0 Å². The van der Waals surface area contributed by atoms with E-state index >= 15 is 0 Å². The van der Waals surface area contributed by atoms with E-state index in [0.717, 1.165) is 64.2 Å². The van der Waals surface area contributed by atoms with E-state index in [2.05, 4.69) is 92.1 Å². The fourth-order valence-electron chi connectivity index (χ4n) is 9.24. The van der Waals surface area contributed by atoms with Crippen molar-refractivity contribution in [2.75, 3.05) is 6.61 Å². The molecular weight excluding hydrogens is 855 g/mol. The number of nitrogens with one attached hydrogen (secondary N) is 1. The number of carbonyl (C=O) groups is 1. The Morgan fingerprint density at radius 3 is 0.943 bits per heavy atom. The molecule has 4 nitrogen and oxygen atoms in total. The molecule has 4 heteroatoms. The maximum absolute atomic E-state index is 12.5. The van der Waals surface area contributed by atoms with Gasteiger partial charge in [0, 0.05) is 6.42 Å². The SMILES string of the molecule is CC/C=C\C/C=C\C/C=C\C/C=C\C/C=C\C/C=C\CCCCCCCCCCCCCCCCC(=O)NC(CO)C(O)/C=C/CCCCCCCCCCCCCCCCCCCCCCCCC. The van der Waals surface area contributed by atoms with Crippen molar-refractivity contribution >= 4 is 5.91 Å². The first-order valence-electron chi connectivity index (χ1n) is 30.8. The number of rotatable bonds is 56. The van der Waals surface area contributed by atoms with E-state index in [9.17, 15) is 15.0 Å². The predicted octanol–water partition coefficient (Wildman–Crippen LogP) is 20.7. The highest BCUT2D eigenvalue weighted by molar-refractivity contribution is 5.76. The largest absolute Gasteiger partial charge is 0.394 e. The van der Waals surface area contributed by atoms with Crippen molar-refractivity contribution in [1.29, 1.82) is 0 Å². The molecule has 0 spiro atoms. The second kappa shape index (κ2) is 60.9. The Bertz CT molecular complexity index is 1240. The van der Waals surface area contributed by atoms with Gasteiger partial charge in [0.15, 0.2) is 0 Å². The van der Waals surface area contributed by atoms with Crippen molar-refractivity contribution in [1.82, 2.24) is 5.32 Å². The zero-order valence-electron chi connectivity index (χ0n) is 46.8. The summed E-state index contributed by atoms with van der Waals surface area (Å²) in [5.74, 6) is -0.0637. The third-order valence-electron chi connectivity index (χ3n) is 13.9. The van der Waals surface area contributed by atoms with Gasteiger partial charge >= 0.3 is 0 Å². The number of aliphatic hydroxyl groups excluding tert-OH is 2. The average Bonchev–Trinajstić information content (AvgIpc) is 3.36. The molecule has 0 saturated carbocycles. The minimum absolute atomic E-state index is 0.0637. The molecule has 2 unspecified atom stereocenters. The highest BCUT2D eigenvalue weighted by Gasteiger charge is 2.18. The van der Waals surface area contributed by atoms with Crippen LogP contribution in [0.15, 0.2) is 85.1 Å². The predicted molar refractivity (Wildman–Crippen MR) is 313 cm³/mol. The van der Waals surface area contributed by atoms with Gasteiger partial charge in [-0.3, -0.25) is 4.79 Å². The Balaban J connectivity index is 3.51. The third-order valence-corrected chi connectivity index (χ3v) is 13.9.